The lowest BCUT2D eigenvalue weighted by Crippen LogP contribution is -2.35. The molecule has 1 aliphatic rings. The number of hydrogen-bond donors (Lipinski definition) is 3. The fourth-order valence-electron chi connectivity index (χ4n) is 1.34. The second-order valence-corrected chi connectivity index (χ2v) is 3.40. The molecule has 1 aliphatic carbocycles. The van der Waals surface area contributed by atoms with Crippen LogP contribution in [-0.4, -0.2) is 28.2 Å². The summed E-state index contributed by atoms with van der Waals surface area (Å²) in [5, 5.41) is 17.2. The topological polar surface area (TPSA) is 101 Å². The number of rotatable bonds is 3. The summed E-state index contributed by atoms with van der Waals surface area (Å²) in [6.45, 7) is 1.52. The van der Waals surface area contributed by atoms with Gasteiger partial charge in [0.15, 0.2) is 0 Å². The molecule has 1 unspecified atom stereocenters. The van der Waals surface area contributed by atoms with E-state index < -0.39 is 29.3 Å². The first-order chi connectivity index (χ1) is 5.39. The number of carbonyl (C=O) groups is 2. The molecule has 0 radical (unpaired) electrons. The molecule has 1 saturated carbocycles. The smallest absolute Gasteiger partial charge is 0.320 e. The summed E-state index contributed by atoms with van der Waals surface area (Å²) in [7, 11) is 0. The van der Waals surface area contributed by atoms with Crippen molar-refractivity contribution in [3.63, 3.8) is 0 Å². The number of aliphatic carboxylic acids is 2. The third kappa shape index (κ3) is 1.16. The number of hydrogen-bond acceptors (Lipinski definition) is 3. The summed E-state index contributed by atoms with van der Waals surface area (Å²) >= 11 is 0. The van der Waals surface area contributed by atoms with E-state index in [0.717, 1.165) is 0 Å². The molecule has 12 heavy (non-hydrogen) atoms. The normalized spacial score (nSPS) is 35.7. The minimum absolute atomic E-state index is 0.357. The van der Waals surface area contributed by atoms with Gasteiger partial charge < -0.3 is 15.9 Å². The monoisotopic (exact) mass is 173 g/mol. The van der Waals surface area contributed by atoms with E-state index in [0.29, 0.717) is 6.42 Å². The summed E-state index contributed by atoms with van der Waals surface area (Å²) < 4.78 is 0. The quantitative estimate of drug-likeness (QED) is 0.534. The molecule has 5 nitrogen and oxygen atoms in total. The molecule has 0 aromatic carbocycles. The fraction of sp³-hybridized carbons (Fsp3) is 0.714. The maximum atomic E-state index is 10.6. The van der Waals surface area contributed by atoms with E-state index in [9.17, 15) is 9.59 Å². The Kier molecular flexibility index (Phi) is 1.83. The first-order valence-corrected chi connectivity index (χ1v) is 3.61. The molecule has 5 heteroatoms. The Hall–Kier alpha value is -1.10. The maximum Gasteiger partial charge on any atom is 0.320 e. The lowest BCUT2D eigenvalue weighted by atomic mass is 10.0. The fourth-order valence-corrected chi connectivity index (χ4v) is 1.34. The third-order valence-corrected chi connectivity index (χ3v) is 2.51. The summed E-state index contributed by atoms with van der Waals surface area (Å²) in [5.41, 5.74) is 4.35. The number of nitrogens with two attached hydrogens (primary N) is 1. The molecule has 0 spiro atoms. The van der Waals surface area contributed by atoms with Gasteiger partial charge in [-0.05, 0) is 13.3 Å². The molecule has 0 aromatic rings. The standard InChI is InChI=1S/C7H11NO4/c1-7(6(11)12)2-3(7)4(8)5(9)10/h3-4H,2,8H2,1H3,(H,9,10)(H,11,12)/t3-,4?,7-/m1/s1. The van der Waals surface area contributed by atoms with Crippen molar-refractivity contribution in [1.82, 2.24) is 0 Å². The van der Waals surface area contributed by atoms with Crippen LogP contribution in [0.15, 0.2) is 0 Å². The van der Waals surface area contributed by atoms with Gasteiger partial charge in [-0.1, -0.05) is 0 Å². The predicted octanol–water partition coefficient (Wildman–Crippen LogP) is -0.491. The molecule has 0 aliphatic heterocycles. The van der Waals surface area contributed by atoms with Crippen LogP contribution in [0.4, 0.5) is 0 Å². The van der Waals surface area contributed by atoms with Crippen LogP contribution in [0.5, 0.6) is 0 Å². The summed E-state index contributed by atoms with van der Waals surface area (Å²) in [5.74, 6) is -2.53. The van der Waals surface area contributed by atoms with Crippen molar-refractivity contribution in [2.24, 2.45) is 17.1 Å². The van der Waals surface area contributed by atoms with E-state index in [-0.39, 0.29) is 0 Å². The number of carboxylic acids is 2. The van der Waals surface area contributed by atoms with E-state index in [1.54, 1.807) is 0 Å². The molecule has 0 heterocycles. The molecule has 0 saturated heterocycles. The first-order valence-electron chi connectivity index (χ1n) is 3.61. The molecule has 1 fully saturated rings. The van der Waals surface area contributed by atoms with Crippen molar-refractivity contribution in [1.29, 1.82) is 0 Å². The van der Waals surface area contributed by atoms with Crippen LogP contribution in [-0.2, 0) is 9.59 Å². The van der Waals surface area contributed by atoms with Gasteiger partial charge in [0.1, 0.15) is 6.04 Å². The molecule has 4 N–H and O–H groups in total. The van der Waals surface area contributed by atoms with Crippen LogP contribution in [0, 0.1) is 11.3 Å². The second kappa shape index (κ2) is 2.45. The minimum Gasteiger partial charge on any atom is -0.481 e. The van der Waals surface area contributed by atoms with Gasteiger partial charge in [0.2, 0.25) is 0 Å². The minimum atomic E-state index is -1.13. The molecule has 0 amide bonds. The van der Waals surface area contributed by atoms with Gasteiger partial charge in [-0.3, -0.25) is 9.59 Å². The number of carboxylic acid groups (broad SMARTS) is 2. The molecule has 3 atom stereocenters. The van der Waals surface area contributed by atoms with Crippen LogP contribution < -0.4 is 5.73 Å². The van der Waals surface area contributed by atoms with Crippen LogP contribution in [0.2, 0.25) is 0 Å². The van der Waals surface area contributed by atoms with E-state index in [1.165, 1.54) is 6.92 Å². The third-order valence-electron chi connectivity index (χ3n) is 2.51. The highest BCUT2D eigenvalue weighted by Crippen LogP contribution is 2.53. The highest BCUT2D eigenvalue weighted by atomic mass is 16.4. The van der Waals surface area contributed by atoms with Crippen molar-refractivity contribution in [2.45, 2.75) is 19.4 Å². The Morgan fingerprint density at radius 1 is 1.58 bits per heavy atom. The van der Waals surface area contributed by atoms with Gasteiger partial charge >= 0.3 is 11.9 Å². The highest BCUT2D eigenvalue weighted by molar-refractivity contribution is 5.82. The van der Waals surface area contributed by atoms with E-state index in [2.05, 4.69) is 0 Å². The van der Waals surface area contributed by atoms with Crippen molar-refractivity contribution < 1.29 is 19.8 Å². The molecule has 68 valence electrons. The van der Waals surface area contributed by atoms with E-state index in [4.69, 9.17) is 15.9 Å². The molecule has 0 bridgehead atoms. The van der Waals surface area contributed by atoms with Crippen LogP contribution in [0.25, 0.3) is 0 Å². The SMILES string of the molecule is C[C@@]1(C(=O)O)C[C@@H]1C(N)C(=O)O. The van der Waals surface area contributed by atoms with Gasteiger partial charge in [0.25, 0.3) is 0 Å². The largest absolute Gasteiger partial charge is 0.481 e. The maximum absolute atomic E-state index is 10.6. The van der Waals surface area contributed by atoms with Crippen LogP contribution >= 0.6 is 0 Å². The molecule has 0 aromatic heterocycles. The van der Waals surface area contributed by atoms with E-state index in [1.807, 2.05) is 0 Å². The van der Waals surface area contributed by atoms with Crippen LogP contribution in [0.3, 0.4) is 0 Å². The predicted molar refractivity (Wildman–Crippen MR) is 39.5 cm³/mol. The van der Waals surface area contributed by atoms with Crippen molar-refractivity contribution in [3.8, 4) is 0 Å². The zero-order valence-corrected chi connectivity index (χ0v) is 6.65. The van der Waals surface area contributed by atoms with Crippen molar-refractivity contribution in [3.05, 3.63) is 0 Å². The lowest BCUT2D eigenvalue weighted by Gasteiger charge is -2.08. The van der Waals surface area contributed by atoms with Gasteiger partial charge in [-0.25, -0.2) is 0 Å². The van der Waals surface area contributed by atoms with Crippen molar-refractivity contribution in [2.75, 3.05) is 0 Å². The van der Waals surface area contributed by atoms with Gasteiger partial charge in [0, 0.05) is 5.92 Å². The summed E-state index contributed by atoms with van der Waals surface area (Å²) in [6, 6.07) is -1.05. The summed E-state index contributed by atoms with van der Waals surface area (Å²) in [6.07, 6.45) is 0.357. The second-order valence-electron chi connectivity index (χ2n) is 3.40. The Bertz CT molecular complexity index is 240. The van der Waals surface area contributed by atoms with Gasteiger partial charge in [-0.2, -0.15) is 0 Å². The van der Waals surface area contributed by atoms with Crippen LogP contribution in [0.1, 0.15) is 13.3 Å². The Labute approximate surface area is 69.2 Å². The molecular formula is C7H11NO4. The zero-order chi connectivity index (χ0) is 9.52. The van der Waals surface area contributed by atoms with Gasteiger partial charge in [-0.15, -0.1) is 0 Å². The Balaban J connectivity index is 2.63. The Morgan fingerprint density at radius 2 is 2.08 bits per heavy atom. The average Bonchev–Trinajstić information content (AvgIpc) is 2.62. The zero-order valence-electron chi connectivity index (χ0n) is 6.65. The summed E-state index contributed by atoms with van der Waals surface area (Å²) in [4.78, 5) is 20.9. The van der Waals surface area contributed by atoms with Crippen molar-refractivity contribution >= 4 is 11.9 Å². The first kappa shape index (κ1) is 8.99. The molecule has 1 rings (SSSR count). The molecular weight excluding hydrogens is 162 g/mol. The van der Waals surface area contributed by atoms with Gasteiger partial charge in [0.05, 0.1) is 5.41 Å². The lowest BCUT2D eigenvalue weighted by molar-refractivity contribution is -0.144. The highest BCUT2D eigenvalue weighted by Gasteiger charge is 2.60. The average molecular weight is 173 g/mol. The van der Waals surface area contributed by atoms with E-state index >= 15 is 0 Å². The Morgan fingerprint density at radius 3 is 2.33 bits per heavy atom.